The van der Waals surface area contributed by atoms with Gasteiger partial charge in [-0.3, -0.25) is 0 Å². The van der Waals surface area contributed by atoms with Crippen molar-refractivity contribution in [1.82, 2.24) is 0 Å². The summed E-state index contributed by atoms with van der Waals surface area (Å²) in [5.74, 6) is 2.74. The second kappa shape index (κ2) is 7.90. The van der Waals surface area contributed by atoms with Gasteiger partial charge in [-0.05, 0) is 12.8 Å². The number of hydrogen-bond acceptors (Lipinski definition) is 3. The van der Waals surface area contributed by atoms with Crippen LogP contribution in [0.5, 0.6) is 0 Å². The van der Waals surface area contributed by atoms with Crippen molar-refractivity contribution in [3.8, 4) is 0 Å². The van der Waals surface area contributed by atoms with Gasteiger partial charge in [0.1, 0.15) is 0 Å². The maximum atomic E-state index is 5.59. The zero-order valence-corrected chi connectivity index (χ0v) is 9.19. The summed E-state index contributed by atoms with van der Waals surface area (Å²) in [5, 5.41) is 0. The Morgan fingerprint density at radius 3 is 2.50 bits per heavy atom. The van der Waals surface area contributed by atoms with E-state index in [1.54, 1.807) is 0 Å². The Kier molecular flexibility index (Phi) is 8.07. The maximum absolute atomic E-state index is 5.59. The van der Waals surface area contributed by atoms with Gasteiger partial charge in [0, 0.05) is 24.2 Å². The van der Waals surface area contributed by atoms with E-state index in [1.807, 2.05) is 18.7 Å². The summed E-state index contributed by atoms with van der Waals surface area (Å²) in [6.07, 6.45) is 0. The number of rotatable bonds is 7. The lowest BCUT2D eigenvalue weighted by Gasteiger charge is -2.07. The van der Waals surface area contributed by atoms with Gasteiger partial charge in [-0.1, -0.05) is 13.8 Å². The molecule has 0 bridgehead atoms. The van der Waals surface area contributed by atoms with Crippen LogP contribution in [-0.4, -0.2) is 30.8 Å². The molecule has 2 nitrogen and oxygen atoms in total. The summed E-state index contributed by atoms with van der Waals surface area (Å²) in [5.41, 5.74) is 5.59. The van der Waals surface area contributed by atoms with E-state index in [0.717, 1.165) is 24.7 Å². The number of nitrogens with two attached hydrogens (primary N) is 1. The fourth-order valence-electron chi connectivity index (χ4n) is 0.706. The Morgan fingerprint density at radius 2 is 2.00 bits per heavy atom. The van der Waals surface area contributed by atoms with Crippen LogP contribution in [0.15, 0.2) is 0 Å². The molecular formula is C9H21NOS. The highest BCUT2D eigenvalue weighted by Gasteiger charge is 1.95. The van der Waals surface area contributed by atoms with Crippen LogP contribution in [0.2, 0.25) is 0 Å². The zero-order valence-electron chi connectivity index (χ0n) is 8.38. The first-order chi connectivity index (χ1) is 5.63. The second-order valence-corrected chi connectivity index (χ2v) is 4.67. The average Bonchev–Trinajstić information content (AvgIpc) is 1.95. The van der Waals surface area contributed by atoms with Crippen molar-refractivity contribution in [2.75, 3.05) is 24.7 Å². The highest BCUT2D eigenvalue weighted by atomic mass is 32.2. The largest absolute Gasteiger partial charge is 0.380 e. The molecule has 0 rings (SSSR count). The molecule has 0 saturated carbocycles. The van der Waals surface area contributed by atoms with Crippen LogP contribution in [-0.2, 0) is 4.74 Å². The van der Waals surface area contributed by atoms with Crippen molar-refractivity contribution in [1.29, 1.82) is 0 Å². The van der Waals surface area contributed by atoms with Crippen LogP contribution < -0.4 is 5.73 Å². The van der Waals surface area contributed by atoms with Gasteiger partial charge in [-0.15, -0.1) is 0 Å². The number of thioether (sulfide) groups is 1. The van der Waals surface area contributed by atoms with E-state index in [0.29, 0.717) is 12.0 Å². The normalized spacial score (nSPS) is 13.8. The molecule has 0 fully saturated rings. The molecule has 0 aromatic rings. The van der Waals surface area contributed by atoms with Gasteiger partial charge < -0.3 is 10.5 Å². The summed E-state index contributed by atoms with van der Waals surface area (Å²) in [4.78, 5) is 0. The van der Waals surface area contributed by atoms with Gasteiger partial charge in [0.05, 0.1) is 6.61 Å². The topological polar surface area (TPSA) is 35.2 Å². The van der Waals surface area contributed by atoms with Gasteiger partial charge in [-0.25, -0.2) is 0 Å². The third kappa shape index (κ3) is 10.3. The van der Waals surface area contributed by atoms with Gasteiger partial charge in [0.2, 0.25) is 0 Å². The van der Waals surface area contributed by atoms with Gasteiger partial charge in [0.15, 0.2) is 0 Å². The maximum Gasteiger partial charge on any atom is 0.0556 e. The molecular weight excluding hydrogens is 170 g/mol. The Hall–Kier alpha value is 0.270. The van der Waals surface area contributed by atoms with Crippen molar-refractivity contribution in [3.05, 3.63) is 0 Å². The second-order valence-electron chi connectivity index (χ2n) is 3.52. The summed E-state index contributed by atoms with van der Waals surface area (Å²) >= 11 is 1.86. The molecule has 0 saturated heterocycles. The van der Waals surface area contributed by atoms with Crippen molar-refractivity contribution < 1.29 is 4.74 Å². The molecule has 3 heteroatoms. The zero-order chi connectivity index (χ0) is 9.40. The van der Waals surface area contributed by atoms with Crippen LogP contribution in [0.3, 0.4) is 0 Å². The summed E-state index contributed by atoms with van der Waals surface area (Å²) in [6, 6.07) is 0.306. The fourth-order valence-corrected chi connectivity index (χ4v) is 1.48. The molecule has 0 aliphatic heterocycles. The van der Waals surface area contributed by atoms with E-state index < -0.39 is 0 Å². The highest BCUT2D eigenvalue weighted by Crippen LogP contribution is 2.01. The average molecular weight is 191 g/mol. The van der Waals surface area contributed by atoms with Crippen molar-refractivity contribution in [3.63, 3.8) is 0 Å². The lowest BCUT2D eigenvalue weighted by molar-refractivity contribution is 0.124. The third-order valence-electron chi connectivity index (χ3n) is 1.20. The number of ether oxygens (including phenoxy) is 1. The SMILES string of the molecule is CC(C)COCCSCC(C)N. The lowest BCUT2D eigenvalue weighted by Crippen LogP contribution is -2.18. The molecule has 0 aromatic carbocycles. The molecule has 0 aromatic heterocycles. The van der Waals surface area contributed by atoms with Crippen LogP contribution >= 0.6 is 11.8 Å². The first-order valence-electron chi connectivity index (χ1n) is 4.54. The quantitative estimate of drug-likeness (QED) is 0.623. The Bertz CT molecular complexity index is 84.5. The van der Waals surface area contributed by atoms with Gasteiger partial charge in [0.25, 0.3) is 0 Å². The fraction of sp³-hybridized carbons (Fsp3) is 1.00. The van der Waals surface area contributed by atoms with Crippen LogP contribution in [0, 0.1) is 5.92 Å². The minimum absolute atomic E-state index is 0.306. The third-order valence-corrected chi connectivity index (χ3v) is 2.42. The Labute approximate surface area is 80.2 Å². The molecule has 1 atom stereocenters. The first-order valence-corrected chi connectivity index (χ1v) is 5.69. The molecule has 0 spiro atoms. The molecule has 0 aliphatic carbocycles. The summed E-state index contributed by atoms with van der Waals surface area (Å²) in [6.45, 7) is 8.08. The predicted octanol–water partition coefficient (Wildman–Crippen LogP) is 1.74. The van der Waals surface area contributed by atoms with E-state index in [9.17, 15) is 0 Å². The lowest BCUT2D eigenvalue weighted by atomic mass is 10.2. The summed E-state index contributed by atoms with van der Waals surface area (Å²) in [7, 11) is 0. The molecule has 1 unspecified atom stereocenters. The molecule has 12 heavy (non-hydrogen) atoms. The summed E-state index contributed by atoms with van der Waals surface area (Å²) < 4.78 is 5.42. The van der Waals surface area contributed by atoms with Gasteiger partial charge >= 0.3 is 0 Å². The Balaban J connectivity index is 2.91. The molecule has 0 aliphatic rings. The van der Waals surface area contributed by atoms with Crippen molar-refractivity contribution in [2.45, 2.75) is 26.8 Å². The first kappa shape index (κ1) is 12.3. The Morgan fingerprint density at radius 1 is 1.33 bits per heavy atom. The minimum atomic E-state index is 0.306. The van der Waals surface area contributed by atoms with Crippen molar-refractivity contribution >= 4 is 11.8 Å². The smallest absolute Gasteiger partial charge is 0.0556 e. The van der Waals surface area contributed by atoms with E-state index in [1.165, 1.54) is 0 Å². The molecule has 74 valence electrons. The molecule has 2 N–H and O–H groups in total. The molecule has 0 radical (unpaired) electrons. The van der Waals surface area contributed by atoms with E-state index in [4.69, 9.17) is 10.5 Å². The van der Waals surface area contributed by atoms with Gasteiger partial charge in [-0.2, -0.15) is 11.8 Å². The van der Waals surface area contributed by atoms with Crippen molar-refractivity contribution in [2.24, 2.45) is 11.7 Å². The van der Waals surface area contributed by atoms with E-state index in [-0.39, 0.29) is 0 Å². The molecule has 0 heterocycles. The predicted molar refractivity (Wildman–Crippen MR) is 56.6 cm³/mol. The standard InChI is InChI=1S/C9H21NOS/c1-8(2)6-11-4-5-12-7-9(3)10/h8-9H,4-7,10H2,1-3H3. The number of hydrogen-bond donors (Lipinski definition) is 1. The monoisotopic (exact) mass is 191 g/mol. The van der Waals surface area contributed by atoms with E-state index >= 15 is 0 Å². The minimum Gasteiger partial charge on any atom is -0.380 e. The van der Waals surface area contributed by atoms with E-state index in [2.05, 4.69) is 13.8 Å². The molecule has 0 amide bonds. The van der Waals surface area contributed by atoms with Crippen LogP contribution in [0.1, 0.15) is 20.8 Å². The van der Waals surface area contributed by atoms with Crippen LogP contribution in [0.25, 0.3) is 0 Å². The van der Waals surface area contributed by atoms with Crippen LogP contribution in [0.4, 0.5) is 0 Å². The highest BCUT2D eigenvalue weighted by molar-refractivity contribution is 7.99.